The number of ketones is 1. The Bertz CT molecular complexity index is 951. The molecule has 3 heteroatoms. The van der Waals surface area contributed by atoms with Gasteiger partial charge in [0.1, 0.15) is 5.78 Å². The molecule has 5 aliphatic rings. The number of carbonyl (C=O) groups excluding carboxylic acids is 1. The highest BCUT2D eigenvalue weighted by atomic mass is 28.4. The molecule has 172 valence electrons. The third kappa shape index (κ3) is 2.82. The summed E-state index contributed by atoms with van der Waals surface area (Å²) < 4.78 is 6.85. The first kappa shape index (κ1) is 21.3. The van der Waals surface area contributed by atoms with Crippen LogP contribution in [0.3, 0.4) is 0 Å². The highest BCUT2D eigenvalue weighted by molar-refractivity contribution is 6.84. The van der Waals surface area contributed by atoms with Crippen molar-refractivity contribution in [2.45, 2.75) is 84.4 Å². The summed E-state index contributed by atoms with van der Waals surface area (Å²) in [6.45, 7) is 9.43. The van der Waals surface area contributed by atoms with Gasteiger partial charge in [0.25, 0.3) is 0 Å². The van der Waals surface area contributed by atoms with Crippen LogP contribution in [0.25, 0.3) is 0 Å². The van der Waals surface area contributed by atoms with Crippen LogP contribution in [0.2, 0.25) is 13.1 Å². The first-order valence-corrected chi connectivity index (χ1v) is 16.1. The monoisotopic (exact) mass is 448 g/mol. The Morgan fingerprint density at radius 3 is 2.66 bits per heavy atom. The van der Waals surface area contributed by atoms with Crippen LogP contribution in [0.15, 0.2) is 42.0 Å². The average molecular weight is 449 g/mol. The number of allylic oxidation sites excluding steroid dienone is 2. The van der Waals surface area contributed by atoms with Crippen LogP contribution in [0.5, 0.6) is 0 Å². The zero-order chi connectivity index (χ0) is 22.3. The fourth-order valence-electron chi connectivity index (χ4n) is 9.82. The first-order valence-electron chi connectivity index (χ1n) is 13.2. The Balaban J connectivity index is 1.23. The molecule has 0 heterocycles. The second kappa shape index (κ2) is 7.15. The summed E-state index contributed by atoms with van der Waals surface area (Å²) in [6.07, 6.45) is 12.2. The van der Waals surface area contributed by atoms with Gasteiger partial charge in [0, 0.05) is 18.4 Å². The molecule has 1 aromatic carbocycles. The molecular weight excluding hydrogens is 408 g/mol. The summed E-state index contributed by atoms with van der Waals surface area (Å²) in [6, 6.07) is 10.8. The number of hydrogen-bond acceptors (Lipinski definition) is 2. The van der Waals surface area contributed by atoms with Crippen LogP contribution < -0.4 is 5.19 Å². The number of hydrogen-bond donors (Lipinski definition) is 0. The minimum atomic E-state index is -1.95. The Kier molecular flexibility index (Phi) is 4.77. The molecule has 6 rings (SSSR count). The average Bonchev–Trinajstić information content (AvgIpc) is 3.10. The number of carbonyl (C=O) groups is 1. The predicted molar refractivity (Wildman–Crippen MR) is 132 cm³/mol. The van der Waals surface area contributed by atoms with Crippen molar-refractivity contribution < 1.29 is 9.22 Å². The number of benzene rings is 1. The van der Waals surface area contributed by atoms with Crippen LogP contribution in [0.4, 0.5) is 0 Å². The maximum Gasteiger partial charge on any atom is 0.218 e. The molecule has 0 saturated heterocycles. The van der Waals surface area contributed by atoms with E-state index in [0.717, 1.165) is 37.0 Å². The van der Waals surface area contributed by atoms with Gasteiger partial charge in [0.05, 0.1) is 0 Å². The molecule has 5 fully saturated rings. The molecule has 2 nitrogen and oxygen atoms in total. The smallest absolute Gasteiger partial charge is 0.218 e. The molecule has 1 aromatic rings. The summed E-state index contributed by atoms with van der Waals surface area (Å²) in [4.78, 5) is 13.7. The minimum Gasteiger partial charge on any atom is -0.410 e. The molecule has 1 spiro atoms. The third-order valence-corrected chi connectivity index (χ3v) is 13.6. The van der Waals surface area contributed by atoms with Crippen molar-refractivity contribution >= 4 is 19.3 Å². The van der Waals surface area contributed by atoms with Gasteiger partial charge in [-0.05, 0) is 105 Å². The fraction of sp³-hybridized carbons (Fsp3) is 0.690. The van der Waals surface area contributed by atoms with Gasteiger partial charge in [0.15, 0.2) is 0 Å². The summed E-state index contributed by atoms with van der Waals surface area (Å²) in [5.74, 6) is 3.94. The minimum absolute atomic E-state index is 0.266. The molecule has 0 unspecified atom stereocenters. The van der Waals surface area contributed by atoms with Crippen molar-refractivity contribution in [1.29, 1.82) is 0 Å². The summed E-state index contributed by atoms with van der Waals surface area (Å²) in [5, 5.41) is 1.37. The van der Waals surface area contributed by atoms with Crippen molar-refractivity contribution in [2.24, 2.45) is 40.4 Å². The molecular formula is C29H40O2Si. The van der Waals surface area contributed by atoms with E-state index >= 15 is 0 Å². The molecule has 0 radical (unpaired) electrons. The summed E-state index contributed by atoms with van der Waals surface area (Å²) in [7, 11) is -1.95. The van der Waals surface area contributed by atoms with Crippen LogP contribution in [-0.2, 0) is 9.22 Å². The van der Waals surface area contributed by atoms with Crippen LogP contribution >= 0.6 is 0 Å². The van der Waals surface area contributed by atoms with E-state index in [2.05, 4.69) is 63.3 Å². The highest BCUT2D eigenvalue weighted by Gasteiger charge is 2.71. The molecule has 5 saturated carbocycles. The van der Waals surface area contributed by atoms with Crippen LogP contribution in [0.1, 0.15) is 65.2 Å². The van der Waals surface area contributed by atoms with Gasteiger partial charge in [-0.2, -0.15) is 0 Å². The highest BCUT2D eigenvalue weighted by Crippen LogP contribution is 2.76. The lowest BCUT2D eigenvalue weighted by molar-refractivity contribution is -0.223. The maximum absolute atomic E-state index is 13.7. The molecule has 32 heavy (non-hydrogen) atoms. The van der Waals surface area contributed by atoms with E-state index in [4.69, 9.17) is 4.43 Å². The molecule has 0 bridgehead atoms. The molecule has 0 aliphatic heterocycles. The van der Waals surface area contributed by atoms with E-state index in [0.29, 0.717) is 22.5 Å². The normalized spacial score (nSPS) is 46.2. The topological polar surface area (TPSA) is 26.3 Å². The third-order valence-electron chi connectivity index (χ3n) is 11.0. The molecule has 0 aromatic heterocycles. The van der Waals surface area contributed by atoms with Crippen LogP contribution in [-0.4, -0.2) is 20.2 Å². The standard InChI is InChI=1S/C29H40O2Si/c1-5-20-11-12-24-23-16-26(30)25-15-21(31-32(3,4)22-9-7-6-8-10-22)13-14-29(25)18-19(27(23)29)17-28(20,24)2/h5-10,19,21,23-25,27H,11-18H2,1-4H3/b20-5+/t19-,21-,23+,24+,25-,27+,28-,29-/m1/s1. The quantitative estimate of drug-likeness (QED) is 0.403. The van der Waals surface area contributed by atoms with Gasteiger partial charge in [-0.3, -0.25) is 4.79 Å². The van der Waals surface area contributed by atoms with Crippen molar-refractivity contribution in [3.8, 4) is 0 Å². The first-order chi connectivity index (χ1) is 15.3. The lowest BCUT2D eigenvalue weighted by atomic mass is 9.33. The molecule has 0 N–H and O–H groups in total. The second-order valence-corrected chi connectivity index (χ2v) is 16.4. The predicted octanol–water partition coefficient (Wildman–Crippen LogP) is 6.26. The van der Waals surface area contributed by atoms with E-state index in [1.165, 1.54) is 37.3 Å². The lowest BCUT2D eigenvalue weighted by Gasteiger charge is -2.71. The Morgan fingerprint density at radius 1 is 1.12 bits per heavy atom. The Hall–Kier alpha value is -1.19. The van der Waals surface area contributed by atoms with Gasteiger partial charge in [-0.1, -0.05) is 48.9 Å². The van der Waals surface area contributed by atoms with Gasteiger partial charge in [-0.25, -0.2) is 0 Å². The SMILES string of the molecule is C/C=C1\CC[C@H]2[C@@H]3CC(=O)[C@H]4C[C@H](O[Si](C)(C)c5ccccc5)CC[C@@]45C[C@@H](C[C@]12C)[C@@H]35. The van der Waals surface area contributed by atoms with E-state index < -0.39 is 8.32 Å². The zero-order valence-corrected chi connectivity index (χ0v) is 21.4. The fourth-order valence-corrected chi connectivity index (χ4v) is 12.0. The van der Waals surface area contributed by atoms with Crippen LogP contribution in [0, 0.1) is 40.4 Å². The van der Waals surface area contributed by atoms with Gasteiger partial charge in [0.2, 0.25) is 8.32 Å². The van der Waals surface area contributed by atoms with Gasteiger partial charge < -0.3 is 4.43 Å². The summed E-state index contributed by atoms with van der Waals surface area (Å²) in [5.41, 5.74) is 2.39. The zero-order valence-electron chi connectivity index (χ0n) is 20.4. The number of Topliss-reactive ketones (excluding diaryl/α,β-unsaturated/α-hetero) is 1. The van der Waals surface area contributed by atoms with Gasteiger partial charge >= 0.3 is 0 Å². The van der Waals surface area contributed by atoms with E-state index in [9.17, 15) is 4.79 Å². The number of rotatable bonds is 3. The van der Waals surface area contributed by atoms with Crippen molar-refractivity contribution in [3.63, 3.8) is 0 Å². The number of fused-ring (bicyclic) bond motifs is 2. The van der Waals surface area contributed by atoms with E-state index in [-0.39, 0.29) is 12.0 Å². The molecule has 5 aliphatic carbocycles. The Labute approximate surface area is 195 Å². The van der Waals surface area contributed by atoms with E-state index in [1.807, 2.05) is 0 Å². The lowest BCUT2D eigenvalue weighted by Crippen LogP contribution is -2.67. The Morgan fingerprint density at radius 2 is 1.91 bits per heavy atom. The van der Waals surface area contributed by atoms with Crippen molar-refractivity contribution in [2.75, 3.05) is 0 Å². The van der Waals surface area contributed by atoms with E-state index in [1.54, 1.807) is 5.57 Å². The second-order valence-electron chi connectivity index (χ2n) is 12.6. The maximum atomic E-state index is 13.7. The van der Waals surface area contributed by atoms with Crippen molar-refractivity contribution in [1.82, 2.24) is 0 Å². The molecule has 0 amide bonds. The molecule has 8 atom stereocenters. The van der Waals surface area contributed by atoms with Crippen molar-refractivity contribution in [3.05, 3.63) is 42.0 Å². The van der Waals surface area contributed by atoms with Gasteiger partial charge in [-0.15, -0.1) is 0 Å². The largest absolute Gasteiger partial charge is 0.410 e. The summed E-state index contributed by atoms with van der Waals surface area (Å²) >= 11 is 0.